The van der Waals surface area contributed by atoms with Crippen molar-refractivity contribution in [2.45, 2.75) is 27.3 Å². The number of halogens is 1. The Morgan fingerprint density at radius 2 is 1.56 bits per heavy atom. The van der Waals surface area contributed by atoms with Gasteiger partial charge >= 0.3 is 11.6 Å². The summed E-state index contributed by atoms with van der Waals surface area (Å²) in [5, 5.41) is 22.8. The van der Waals surface area contributed by atoms with Crippen molar-refractivity contribution in [3.05, 3.63) is 146 Å². The van der Waals surface area contributed by atoms with Crippen molar-refractivity contribution in [2.24, 2.45) is 0 Å². The van der Waals surface area contributed by atoms with E-state index in [0.717, 1.165) is 50.1 Å². The van der Waals surface area contributed by atoms with E-state index in [-0.39, 0.29) is 18.1 Å². The van der Waals surface area contributed by atoms with Crippen LogP contribution in [-0.4, -0.2) is 48.2 Å². The number of aryl methyl sites for hydroxylation is 3. The van der Waals surface area contributed by atoms with E-state index in [2.05, 4.69) is 41.3 Å². The van der Waals surface area contributed by atoms with E-state index in [0.29, 0.717) is 45.3 Å². The zero-order chi connectivity index (χ0) is 38.1. The Labute approximate surface area is 313 Å². The first kappa shape index (κ1) is 35.8. The molecule has 0 atom stereocenters. The number of amides is 1. The predicted octanol–water partition coefficient (Wildman–Crippen LogP) is 8.56. The average molecular weight is 740 g/mol. The number of anilines is 1. The van der Waals surface area contributed by atoms with E-state index >= 15 is 0 Å². The highest BCUT2D eigenvalue weighted by atomic mass is 35.5. The number of H-pyrrole nitrogens is 1. The number of imidazole rings is 2. The quantitative estimate of drug-likeness (QED) is 0.118. The summed E-state index contributed by atoms with van der Waals surface area (Å²) in [4.78, 5) is 48.3. The second kappa shape index (κ2) is 14.8. The summed E-state index contributed by atoms with van der Waals surface area (Å²) in [6.45, 7) is 6.23. The molecule has 0 spiro atoms. The number of aromatic nitrogens is 4. The number of hydrogen-bond acceptors (Lipinski definition) is 7. The number of aromatic carboxylic acids is 1. The number of carbonyl (C=O) groups excluding carboxylic acids is 1. The fourth-order valence-electron chi connectivity index (χ4n) is 6.46. The summed E-state index contributed by atoms with van der Waals surface area (Å²) < 4.78 is 7.08. The van der Waals surface area contributed by atoms with E-state index < -0.39 is 11.6 Å². The van der Waals surface area contributed by atoms with Crippen LogP contribution in [0, 0.1) is 20.8 Å². The number of aliphatic hydroxyl groups is 1. The van der Waals surface area contributed by atoms with Crippen molar-refractivity contribution in [3.8, 4) is 22.8 Å². The smallest absolute Gasteiger partial charge is 0.336 e. The van der Waals surface area contributed by atoms with E-state index in [1.807, 2.05) is 41.8 Å². The number of nitrogens with zero attached hydrogens (tertiary/aromatic N) is 3. The molecule has 0 aliphatic heterocycles. The van der Waals surface area contributed by atoms with Gasteiger partial charge in [-0.2, -0.15) is 0 Å². The van der Waals surface area contributed by atoms with Crippen LogP contribution >= 0.6 is 11.6 Å². The average Bonchev–Trinajstić information content (AvgIpc) is 3.73. The van der Waals surface area contributed by atoms with Gasteiger partial charge in [0.15, 0.2) is 0 Å². The third-order valence-electron chi connectivity index (χ3n) is 9.09. The van der Waals surface area contributed by atoms with E-state index in [1.54, 1.807) is 48.5 Å². The number of fused-ring (bicyclic) bond motifs is 3. The van der Waals surface area contributed by atoms with Crippen LogP contribution < -0.4 is 10.9 Å². The molecule has 54 heavy (non-hydrogen) atoms. The van der Waals surface area contributed by atoms with Gasteiger partial charge in [-0.1, -0.05) is 29.8 Å². The third kappa shape index (κ3) is 7.23. The number of benzene rings is 5. The highest BCUT2D eigenvalue weighted by molar-refractivity contribution is 6.30. The largest absolute Gasteiger partial charge is 0.478 e. The number of rotatable bonds is 7. The molecule has 0 radical (unpaired) electrons. The van der Waals surface area contributed by atoms with Crippen molar-refractivity contribution < 1.29 is 24.2 Å². The number of aliphatic hydroxyl groups excluding tert-OH is 1. The second-order valence-electron chi connectivity index (χ2n) is 12.8. The highest BCUT2D eigenvalue weighted by Gasteiger charge is 2.16. The maximum absolute atomic E-state index is 12.9. The molecule has 1 amide bonds. The SMILES string of the molecule is Cc1cccc(C)c1-c1nc2ccc(C(=O)Nc3ccc4c(C)cc(=O)oc4c3)cc2[nH]1.O=C(O)c1ccc2nc(-c3ccc(Cl)cc3)n(CCO)c2c1. The van der Waals surface area contributed by atoms with Crippen molar-refractivity contribution >= 4 is 62.2 Å². The summed E-state index contributed by atoms with van der Waals surface area (Å²) >= 11 is 5.90. The zero-order valence-corrected chi connectivity index (χ0v) is 30.2. The van der Waals surface area contributed by atoms with Gasteiger partial charge in [0.2, 0.25) is 0 Å². The van der Waals surface area contributed by atoms with E-state index in [1.165, 1.54) is 12.1 Å². The Hall–Kier alpha value is -6.56. The molecule has 0 aliphatic rings. The minimum Gasteiger partial charge on any atom is -0.478 e. The summed E-state index contributed by atoms with van der Waals surface area (Å²) in [7, 11) is 0. The molecule has 5 aromatic carbocycles. The molecule has 0 unspecified atom stereocenters. The number of hydrogen-bond donors (Lipinski definition) is 4. The fraction of sp³-hybridized carbons (Fsp3) is 0.119. The first-order valence-electron chi connectivity index (χ1n) is 17.0. The second-order valence-corrected chi connectivity index (χ2v) is 13.3. The predicted molar refractivity (Wildman–Crippen MR) is 210 cm³/mol. The first-order chi connectivity index (χ1) is 26.0. The van der Waals surface area contributed by atoms with Crippen molar-refractivity contribution in [1.82, 2.24) is 19.5 Å². The van der Waals surface area contributed by atoms with Crippen LogP contribution in [0.3, 0.4) is 0 Å². The maximum Gasteiger partial charge on any atom is 0.336 e. The van der Waals surface area contributed by atoms with Crippen LogP contribution in [0.5, 0.6) is 0 Å². The zero-order valence-electron chi connectivity index (χ0n) is 29.5. The lowest BCUT2D eigenvalue weighted by Gasteiger charge is -2.07. The molecule has 0 aliphatic carbocycles. The molecule has 0 bridgehead atoms. The fourth-order valence-corrected chi connectivity index (χ4v) is 6.59. The van der Waals surface area contributed by atoms with Crippen LogP contribution in [0.25, 0.3) is 55.8 Å². The molecular formula is C42H34ClN5O6. The molecule has 0 saturated heterocycles. The minimum absolute atomic E-state index is 0.0661. The Kier molecular flexibility index (Phi) is 9.83. The molecule has 3 heterocycles. The summed E-state index contributed by atoms with van der Waals surface area (Å²) in [5.41, 5.74) is 9.25. The monoisotopic (exact) mass is 739 g/mol. The molecule has 3 aromatic heterocycles. The Bertz CT molecular complexity index is 2760. The molecule has 0 saturated carbocycles. The Morgan fingerprint density at radius 3 is 2.28 bits per heavy atom. The molecule has 8 rings (SSSR count). The van der Waals surface area contributed by atoms with Crippen LogP contribution in [0.1, 0.15) is 37.4 Å². The highest BCUT2D eigenvalue weighted by Crippen LogP contribution is 2.29. The number of carbonyl (C=O) groups is 2. The van der Waals surface area contributed by atoms with Gasteiger partial charge in [-0.3, -0.25) is 4.79 Å². The summed E-state index contributed by atoms with van der Waals surface area (Å²) in [6, 6.07) is 30.2. The lowest BCUT2D eigenvalue weighted by atomic mass is 10.0. The van der Waals surface area contributed by atoms with Crippen LogP contribution in [-0.2, 0) is 6.54 Å². The molecule has 12 heteroatoms. The van der Waals surface area contributed by atoms with Gasteiger partial charge in [0.1, 0.15) is 17.2 Å². The molecule has 0 fully saturated rings. The van der Waals surface area contributed by atoms with Gasteiger partial charge in [0, 0.05) is 51.5 Å². The van der Waals surface area contributed by atoms with E-state index in [9.17, 15) is 19.5 Å². The normalized spacial score (nSPS) is 11.1. The molecule has 11 nitrogen and oxygen atoms in total. The van der Waals surface area contributed by atoms with Gasteiger partial charge in [-0.15, -0.1) is 0 Å². The van der Waals surface area contributed by atoms with Crippen LogP contribution in [0.2, 0.25) is 5.02 Å². The van der Waals surface area contributed by atoms with Crippen molar-refractivity contribution in [1.29, 1.82) is 0 Å². The van der Waals surface area contributed by atoms with Gasteiger partial charge < -0.3 is 29.5 Å². The van der Waals surface area contributed by atoms with Gasteiger partial charge in [-0.25, -0.2) is 19.6 Å². The Balaban J connectivity index is 0.000000179. The van der Waals surface area contributed by atoms with Gasteiger partial charge in [0.25, 0.3) is 5.91 Å². The molecular weight excluding hydrogens is 706 g/mol. The van der Waals surface area contributed by atoms with Crippen LogP contribution in [0.15, 0.2) is 112 Å². The number of aromatic amines is 1. The third-order valence-corrected chi connectivity index (χ3v) is 9.34. The summed E-state index contributed by atoms with van der Waals surface area (Å²) in [6.07, 6.45) is 0. The van der Waals surface area contributed by atoms with Crippen LogP contribution in [0.4, 0.5) is 5.69 Å². The number of carboxylic acids is 1. The van der Waals surface area contributed by atoms with Gasteiger partial charge in [-0.05, 0) is 110 Å². The maximum atomic E-state index is 12.9. The number of carboxylic acid groups (broad SMARTS) is 1. The van der Waals surface area contributed by atoms with E-state index in [4.69, 9.17) is 26.1 Å². The molecule has 8 aromatic rings. The first-order valence-corrected chi connectivity index (χ1v) is 17.4. The summed E-state index contributed by atoms with van der Waals surface area (Å²) in [5.74, 6) is 0.201. The number of nitrogens with one attached hydrogen (secondary N) is 2. The van der Waals surface area contributed by atoms with Gasteiger partial charge in [0.05, 0.1) is 34.2 Å². The standard InChI is InChI=1S/C26H21N3O3.C16H13ClN2O3/c1-14-5-4-6-15(2)24(14)25-28-20-10-7-17(12-21(20)29-25)26(31)27-18-8-9-19-16(3)11-23(30)32-22(19)13-18;17-12-4-1-10(2-5-12)15-18-13-6-3-11(16(21)22)9-14(13)19(15)7-8-20/h4-13H,1-3H3,(H,27,31)(H,28,29);1-6,9,20H,7-8H2,(H,21,22). The Morgan fingerprint density at radius 1 is 0.833 bits per heavy atom. The lowest BCUT2D eigenvalue weighted by Crippen LogP contribution is -2.11. The molecule has 4 N–H and O–H groups in total. The minimum atomic E-state index is -0.994. The topological polar surface area (TPSA) is 163 Å². The van der Waals surface area contributed by atoms with Crippen molar-refractivity contribution in [3.63, 3.8) is 0 Å². The lowest BCUT2D eigenvalue weighted by molar-refractivity contribution is 0.0696. The molecule has 270 valence electrons. The van der Waals surface area contributed by atoms with Crippen molar-refractivity contribution in [2.75, 3.05) is 11.9 Å².